The Balaban J connectivity index is 2.13. The van der Waals surface area contributed by atoms with Gasteiger partial charge < -0.3 is 10.4 Å². The third-order valence-corrected chi connectivity index (χ3v) is 4.82. The minimum absolute atomic E-state index is 0.0114. The SMILES string of the molecule is O=S(=O)(CC1CCCCN1)c1cccc(O)c1. The Morgan fingerprint density at radius 2 is 2.18 bits per heavy atom. The molecule has 1 aromatic carbocycles. The number of hydrogen-bond acceptors (Lipinski definition) is 4. The number of nitrogens with one attached hydrogen (secondary N) is 1. The van der Waals surface area contributed by atoms with Crippen LogP contribution in [0.3, 0.4) is 0 Å². The number of sulfone groups is 1. The zero-order valence-electron chi connectivity index (χ0n) is 9.59. The van der Waals surface area contributed by atoms with Gasteiger partial charge in [0.05, 0.1) is 10.6 Å². The molecule has 1 fully saturated rings. The number of phenolic OH excluding ortho intramolecular Hbond substituents is 1. The minimum Gasteiger partial charge on any atom is -0.508 e. The predicted molar refractivity (Wildman–Crippen MR) is 65.8 cm³/mol. The van der Waals surface area contributed by atoms with Gasteiger partial charge in [0.15, 0.2) is 9.84 Å². The highest BCUT2D eigenvalue weighted by atomic mass is 32.2. The maximum atomic E-state index is 12.1. The quantitative estimate of drug-likeness (QED) is 0.854. The maximum absolute atomic E-state index is 12.1. The van der Waals surface area contributed by atoms with Crippen molar-refractivity contribution in [3.8, 4) is 5.75 Å². The van der Waals surface area contributed by atoms with E-state index in [0.717, 1.165) is 25.8 Å². The lowest BCUT2D eigenvalue weighted by Gasteiger charge is -2.23. The number of rotatable bonds is 3. The van der Waals surface area contributed by atoms with Gasteiger partial charge in [0.25, 0.3) is 0 Å². The summed E-state index contributed by atoms with van der Waals surface area (Å²) in [6, 6.07) is 5.89. The summed E-state index contributed by atoms with van der Waals surface area (Å²) in [5, 5.41) is 12.5. The van der Waals surface area contributed by atoms with Gasteiger partial charge in [-0.05, 0) is 37.6 Å². The number of benzene rings is 1. The lowest BCUT2D eigenvalue weighted by Crippen LogP contribution is -2.39. The summed E-state index contributed by atoms with van der Waals surface area (Å²) in [5.74, 6) is 0.0962. The van der Waals surface area contributed by atoms with Crippen molar-refractivity contribution in [3.63, 3.8) is 0 Å². The standard InChI is InChI=1S/C12H17NO3S/c14-11-5-3-6-12(8-11)17(15,16)9-10-4-1-2-7-13-10/h3,5-6,8,10,13-14H,1-2,4,7,9H2. The molecule has 0 aromatic heterocycles. The van der Waals surface area contributed by atoms with E-state index >= 15 is 0 Å². The van der Waals surface area contributed by atoms with Gasteiger partial charge in [0.2, 0.25) is 0 Å². The van der Waals surface area contributed by atoms with Crippen LogP contribution < -0.4 is 5.32 Å². The van der Waals surface area contributed by atoms with E-state index in [4.69, 9.17) is 0 Å². The second kappa shape index (κ2) is 5.06. The van der Waals surface area contributed by atoms with Gasteiger partial charge in [-0.2, -0.15) is 0 Å². The van der Waals surface area contributed by atoms with Gasteiger partial charge in [0, 0.05) is 6.04 Å². The third kappa shape index (κ3) is 3.20. The van der Waals surface area contributed by atoms with Gasteiger partial charge in [-0.25, -0.2) is 8.42 Å². The maximum Gasteiger partial charge on any atom is 0.180 e. The Labute approximate surface area is 102 Å². The summed E-state index contributed by atoms with van der Waals surface area (Å²) in [7, 11) is -3.30. The van der Waals surface area contributed by atoms with Crippen LogP contribution in [0.15, 0.2) is 29.2 Å². The highest BCUT2D eigenvalue weighted by Crippen LogP contribution is 2.19. The average molecular weight is 255 g/mol. The zero-order valence-corrected chi connectivity index (χ0v) is 10.4. The highest BCUT2D eigenvalue weighted by Gasteiger charge is 2.22. The van der Waals surface area contributed by atoms with E-state index in [1.54, 1.807) is 6.07 Å². The molecule has 0 bridgehead atoms. The second-order valence-electron chi connectivity index (χ2n) is 4.43. The van der Waals surface area contributed by atoms with Crippen molar-refractivity contribution in [1.29, 1.82) is 0 Å². The molecule has 1 aliphatic heterocycles. The van der Waals surface area contributed by atoms with Gasteiger partial charge in [-0.3, -0.25) is 0 Å². The zero-order chi connectivity index (χ0) is 12.3. The van der Waals surface area contributed by atoms with Crippen molar-refractivity contribution in [3.05, 3.63) is 24.3 Å². The van der Waals surface area contributed by atoms with Gasteiger partial charge in [-0.15, -0.1) is 0 Å². The fraction of sp³-hybridized carbons (Fsp3) is 0.500. The average Bonchev–Trinajstić information content (AvgIpc) is 2.30. The van der Waals surface area contributed by atoms with E-state index < -0.39 is 9.84 Å². The molecule has 0 spiro atoms. The normalized spacial score (nSPS) is 21.3. The van der Waals surface area contributed by atoms with E-state index in [1.165, 1.54) is 18.2 Å². The second-order valence-corrected chi connectivity index (χ2v) is 6.46. The van der Waals surface area contributed by atoms with Crippen LogP contribution in [-0.4, -0.2) is 31.9 Å². The van der Waals surface area contributed by atoms with Gasteiger partial charge >= 0.3 is 0 Å². The Morgan fingerprint density at radius 3 is 2.82 bits per heavy atom. The van der Waals surface area contributed by atoms with Crippen LogP contribution in [0.2, 0.25) is 0 Å². The first kappa shape index (κ1) is 12.4. The van der Waals surface area contributed by atoms with Crippen molar-refractivity contribution in [1.82, 2.24) is 5.32 Å². The minimum atomic E-state index is -3.30. The summed E-state index contributed by atoms with van der Waals surface area (Å²) in [4.78, 5) is 0.199. The summed E-state index contributed by atoms with van der Waals surface area (Å²) < 4.78 is 24.2. The molecule has 2 rings (SSSR count). The number of hydrogen-bond donors (Lipinski definition) is 2. The van der Waals surface area contributed by atoms with Crippen molar-refractivity contribution in [2.75, 3.05) is 12.3 Å². The highest BCUT2D eigenvalue weighted by molar-refractivity contribution is 7.91. The first-order valence-corrected chi connectivity index (χ1v) is 7.48. The Kier molecular flexibility index (Phi) is 3.69. The van der Waals surface area contributed by atoms with E-state index in [2.05, 4.69) is 5.32 Å². The fourth-order valence-electron chi connectivity index (χ4n) is 2.10. The molecule has 1 aliphatic rings. The van der Waals surface area contributed by atoms with Crippen LogP contribution in [0.25, 0.3) is 0 Å². The van der Waals surface area contributed by atoms with Crippen LogP contribution in [-0.2, 0) is 9.84 Å². The molecule has 0 saturated carbocycles. The molecular formula is C12H17NO3S. The molecule has 1 aromatic rings. The number of piperidine rings is 1. The Bertz CT molecular complexity index is 478. The van der Waals surface area contributed by atoms with Crippen molar-refractivity contribution >= 4 is 9.84 Å². The van der Waals surface area contributed by atoms with Gasteiger partial charge in [0.1, 0.15) is 5.75 Å². The van der Waals surface area contributed by atoms with Crippen LogP contribution in [0.5, 0.6) is 5.75 Å². The number of phenols is 1. The van der Waals surface area contributed by atoms with E-state index in [1.807, 2.05) is 0 Å². The number of aromatic hydroxyl groups is 1. The van der Waals surface area contributed by atoms with Crippen LogP contribution in [0.1, 0.15) is 19.3 Å². The summed E-state index contributed by atoms with van der Waals surface area (Å²) >= 11 is 0. The Morgan fingerprint density at radius 1 is 1.35 bits per heavy atom. The van der Waals surface area contributed by atoms with Crippen LogP contribution in [0.4, 0.5) is 0 Å². The molecule has 1 saturated heterocycles. The van der Waals surface area contributed by atoms with Crippen molar-refractivity contribution in [2.24, 2.45) is 0 Å². The molecular weight excluding hydrogens is 238 g/mol. The topological polar surface area (TPSA) is 66.4 Å². The van der Waals surface area contributed by atoms with E-state index in [-0.39, 0.29) is 22.4 Å². The van der Waals surface area contributed by atoms with Gasteiger partial charge in [-0.1, -0.05) is 12.5 Å². The van der Waals surface area contributed by atoms with Crippen LogP contribution >= 0.6 is 0 Å². The first-order chi connectivity index (χ1) is 8.08. The summed E-state index contributed by atoms with van der Waals surface area (Å²) in [6.45, 7) is 0.889. The third-order valence-electron chi connectivity index (χ3n) is 3.01. The first-order valence-electron chi connectivity index (χ1n) is 5.83. The van der Waals surface area contributed by atoms with E-state index in [9.17, 15) is 13.5 Å². The molecule has 0 aliphatic carbocycles. The smallest absolute Gasteiger partial charge is 0.180 e. The molecule has 1 unspecified atom stereocenters. The fourth-order valence-corrected chi connectivity index (χ4v) is 3.70. The molecule has 1 atom stereocenters. The predicted octanol–water partition coefficient (Wildman–Crippen LogP) is 1.31. The summed E-state index contributed by atoms with van der Waals surface area (Å²) in [6.07, 6.45) is 3.09. The lowest BCUT2D eigenvalue weighted by atomic mass is 10.1. The summed E-state index contributed by atoms with van der Waals surface area (Å²) in [5.41, 5.74) is 0. The largest absolute Gasteiger partial charge is 0.508 e. The Hall–Kier alpha value is -1.07. The molecule has 1 heterocycles. The molecule has 2 N–H and O–H groups in total. The molecule has 0 amide bonds. The van der Waals surface area contributed by atoms with Crippen molar-refractivity contribution in [2.45, 2.75) is 30.2 Å². The molecule has 17 heavy (non-hydrogen) atoms. The molecule has 5 heteroatoms. The molecule has 0 radical (unpaired) electrons. The lowest BCUT2D eigenvalue weighted by molar-refractivity contribution is 0.423. The molecule has 94 valence electrons. The van der Waals surface area contributed by atoms with Crippen molar-refractivity contribution < 1.29 is 13.5 Å². The molecule has 4 nitrogen and oxygen atoms in total. The monoisotopic (exact) mass is 255 g/mol. The van der Waals surface area contributed by atoms with Crippen LogP contribution in [0, 0.1) is 0 Å². The van der Waals surface area contributed by atoms with E-state index in [0.29, 0.717) is 0 Å².